The summed E-state index contributed by atoms with van der Waals surface area (Å²) in [6.07, 6.45) is 4.59. The minimum absolute atomic E-state index is 0.0369. The van der Waals surface area contributed by atoms with Gasteiger partial charge in [0.25, 0.3) is 11.8 Å². The zero-order chi connectivity index (χ0) is 15.7. The number of carbonyl (C=O) groups is 2. The lowest BCUT2D eigenvalue weighted by atomic mass is 10.1. The van der Waals surface area contributed by atoms with E-state index >= 15 is 0 Å². The molecule has 0 radical (unpaired) electrons. The van der Waals surface area contributed by atoms with Crippen LogP contribution in [0.2, 0.25) is 0 Å². The Bertz CT molecular complexity index is 612. The number of hydrogen-bond donors (Lipinski definition) is 0. The number of rotatable bonds is 2. The summed E-state index contributed by atoms with van der Waals surface area (Å²) in [7, 11) is 6.72. The Hall–Kier alpha value is -2.35. The van der Waals surface area contributed by atoms with Crippen LogP contribution in [-0.2, 0) is 9.59 Å². The van der Waals surface area contributed by atoms with Crippen molar-refractivity contribution in [3.8, 4) is 0 Å². The van der Waals surface area contributed by atoms with Gasteiger partial charge in [-0.25, -0.2) is 9.97 Å². The molecule has 0 N–H and O–H groups in total. The second kappa shape index (κ2) is 5.57. The third-order valence-corrected chi connectivity index (χ3v) is 3.56. The maximum Gasteiger partial charge on any atom is 0.265 e. The van der Waals surface area contributed by atoms with E-state index in [4.69, 9.17) is 12.2 Å². The molecule has 1 aromatic heterocycles. The van der Waals surface area contributed by atoms with Crippen molar-refractivity contribution < 1.29 is 9.59 Å². The van der Waals surface area contributed by atoms with Crippen molar-refractivity contribution in [3.05, 3.63) is 23.5 Å². The zero-order valence-corrected chi connectivity index (χ0v) is 13.0. The summed E-state index contributed by atoms with van der Waals surface area (Å²) in [6, 6.07) is 0. The number of hydrogen-bond acceptors (Lipinski definition) is 6. The maximum atomic E-state index is 12.1. The normalized spacial score (nSPS) is 15.6. The van der Waals surface area contributed by atoms with Crippen LogP contribution in [-0.4, -0.2) is 64.9 Å². The van der Waals surface area contributed by atoms with Gasteiger partial charge in [-0.05, 0) is 18.3 Å². The number of amides is 2. The van der Waals surface area contributed by atoms with Crippen molar-refractivity contribution >= 4 is 41.2 Å². The molecule has 2 rings (SSSR count). The molecular weight excluding hydrogens is 290 g/mol. The van der Waals surface area contributed by atoms with E-state index in [1.807, 2.05) is 14.1 Å². The van der Waals surface area contributed by atoms with Crippen LogP contribution >= 0.6 is 12.2 Å². The Morgan fingerprint density at radius 3 is 2.00 bits per heavy atom. The fourth-order valence-corrected chi connectivity index (χ4v) is 1.94. The Morgan fingerprint density at radius 2 is 1.57 bits per heavy atom. The van der Waals surface area contributed by atoms with E-state index in [0.717, 1.165) is 0 Å². The smallest absolute Gasteiger partial charge is 0.265 e. The third-order valence-electron chi connectivity index (χ3n) is 3.01. The molecule has 1 fully saturated rings. The standard InChI is InChI=1S/C13H15N5O2S/c1-16(2)12-14-6-8(7-15-12)5-9-10(19)17(3)13(21)18(4)11(9)20/h5-7H,1-4H3. The highest BCUT2D eigenvalue weighted by Crippen LogP contribution is 2.17. The van der Waals surface area contributed by atoms with E-state index in [0.29, 0.717) is 11.5 Å². The molecule has 1 saturated heterocycles. The number of aromatic nitrogens is 2. The first-order valence-corrected chi connectivity index (χ1v) is 6.55. The van der Waals surface area contributed by atoms with Crippen LogP contribution < -0.4 is 4.90 Å². The second-order valence-electron chi connectivity index (χ2n) is 4.78. The van der Waals surface area contributed by atoms with Crippen molar-refractivity contribution in [2.45, 2.75) is 0 Å². The van der Waals surface area contributed by atoms with E-state index in [1.165, 1.54) is 30.0 Å². The molecule has 0 spiro atoms. The fourth-order valence-electron chi connectivity index (χ4n) is 1.78. The summed E-state index contributed by atoms with van der Waals surface area (Å²) in [4.78, 5) is 36.9. The van der Waals surface area contributed by atoms with Crippen molar-refractivity contribution in [3.63, 3.8) is 0 Å². The van der Waals surface area contributed by atoms with Gasteiger partial charge in [0.2, 0.25) is 5.95 Å². The average molecular weight is 305 g/mol. The largest absolute Gasteiger partial charge is 0.347 e. The molecule has 110 valence electrons. The van der Waals surface area contributed by atoms with Crippen LogP contribution in [0.15, 0.2) is 18.0 Å². The average Bonchev–Trinajstić information content (AvgIpc) is 2.48. The molecule has 0 atom stereocenters. The molecule has 1 aliphatic heterocycles. The SMILES string of the molecule is CN1C(=O)C(=Cc2cnc(N(C)C)nc2)C(=O)N(C)C1=S. The molecule has 0 aromatic carbocycles. The molecule has 0 bridgehead atoms. The van der Waals surface area contributed by atoms with Gasteiger partial charge < -0.3 is 4.90 Å². The zero-order valence-electron chi connectivity index (χ0n) is 12.2. The number of likely N-dealkylation sites (N-methyl/N-ethyl adjacent to an activating group) is 2. The van der Waals surface area contributed by atoms with Gasteiger partial charge in [-0.3, -0.25) is 19.4 Å². The minimum Gasteiger partial charge on any atom is -0.347 e. The van der Waals surface area contributed by atoms with Gasteiger partial charge in [0.15, 0.2) is 5.11 Å². The highest BCUT2D eigenvalue weighted by Gasteiger charge is 2.35. The lowest BCUT2D eigenvalue weighted by Crippen LogP contribution is -2.52. The number of thiocarbonyl (C=S) groups is 1. The van der Waals surface area contributed by atoms with Crippen LogP contribution in [0.1, 0.15) is 5.56 Å². The molecule has 2 amide bonds. The molecule has 0 unspecified atom stereocenters. The van der Waals surface area contributed by atoms with E-state index in [2.05, 4.69) is 9.97 Å². The first-order valence-electron chi connectivity index (χ1n) is 6.14. The third kappa shape index (κ3) is 2.75. The van der Waals surface area contributed by atoms with E-state index in [9.17, 15) is 9.59 Å². The van der Waals surface area contributed by atoms with Gasteiger partial charge in [0, 0.05) is 46.1 Å². The molecule has 0 aliphatic carbocycles. The molecular formula is C13H15N5O2S. The summed E-state index contributed by atoms with van der Waals surface area (Å²) in [5.41, 5.74) is 0.613. The molecule has 2 heterocycles. The van der Waals surface area contributed by atoms with Crippen molar-refractivity contribution in [1.29, 1.82) is 0 Å². The Balaban J connectivity index is 2.37. The summed E-state index contributed by atoms with van der Waals surface area (Å²) in [6.45, 7) is 0. The molecule has 7 nitrogen and oxygen atoms in total. The topological polar surface area (TPSA) is 69.6 Å². The van der Waals surface area contributed by atoms with Gasteiger partial charge in [-0.2, -0.15) is 0 Å². The predicted octanol–water partition coefficient (Wildman–Crippen LogP) is 0.141. The molecule has 1 aromatic rings. The molecule has 8 heteroatoms. The van der Waals surface area contributed by atoms with Crippen LogP contribution in [0.5, 0.6) is 0 Å². The first-order chi connectivity index (χ1) is 9.82. The maximum absolute atomic E-state index is 12.1. The van der Waals surface area contributed by atoms with Gasteiger partial charge in [0.1, 0.15) is 5.57 Å². The summed E-state index contributed by atoms with van der Waals surface area (Å²) in [5.74, 6) is -0.312. The summed E-state index contributed by atoms with van der Waals surface area (Å²) in [5, 5.41) is 0.182. The van der Waals surface area contributed by atoms with Crippen molar-refractivity contribution in [2.24, 2.45) is 0 Å². The molecule has 0 saturated carbocycles. The Morgan fingerprint density at radius 1 is 1.10 bits per heavy atom. The highest BCUT2D eigenvalue weighted by molar-refractivity contribution is 7.80. The monoisotopic (exact) mass is 305 g/mol. The molecule has 1 aliphatic rings. The van der Waals surface area contributed by atoms with Gasteiger partial charge in [-0.15, -0.1) is 0 Å². The van der Waals surface area contributed by atoms with E-state index in [-0.39, 0.29) is 10.7 Å². The lowest BCUT2D eigenvalue weighted by Gasteiger charge is -2.31. The summed E-state index contributed by atoms with van der Waals surface area (Å²) >= 11 is 5.02. The van der Waals surface area contributed by atoms with Crippen molar-refractivity contribution in [1.82, 2.24) is 19.8 Å². The number of anilines is 1. The van der Waals surface area contributed by atoms with E-state index < -0.39 is 11.8 Å². The first kappa shape index (κ1) is 15.0. The second-order valence-corrected chi connectivity index (χ2v) is 5.14. The van der Waals surface area contributed by atoms with E-state index in [1.54, 1.807) is 17.3 Å². The fraction of sp³-hybridized carbons (Fsp3) is 0.308. The lowest BCUT2D eigenvalue weighted by molar-refractivity contribution is -0.132. The van der Waals surface area contributed by atoms with Gasteiger partial charge >= 0.3 is 0 Å². The quantitative estimate of drug-likeness (QED) is 0.440. The van der Waals surface area contributed by atoms with Crippen LogP contribution in [0.25, 0.3) is 6.08 Å². The Labute approximate surface area is 127 Å². The number of nitrogens with zero attached hydrogens (tertiary/aromatic N) is 5. The molecule has 21 heavy (non-hydrogen) atoms. The Kier molecular flexibility index (Phi) is 3.99. The van der Waals surface area contributed by atoms with Crippen LogP contribution in [0, 0.1) is 0 Å². The van der Waals surface area contributed by atoms with Gasteiger partial charge in [0.05, 0.1) is 0 Å². The van der Waals surface area contributed by atoms with Crippen LogP contribution in [0.4, 0.5) is 5.95 Å². The predicted molar refractivity (Wildman–Crippen MR) is 82.5 cm³/mol. The van der Waals surface area contributed by atoms with Crippen molar-refractivity contribution in [2.75, 3.05) is 33.1 Å². The van der Waals surface area contributed by atoms with Crippen LogP contribution in [0.3, 0.4) is 0 Å². The van der Waals surface area contributed by atoms with Gasteiger partial charge in [-0.1, -0.05) is 0 Å². The summed E-state index contributed by atoms with van der Waals surface area (Å²) < 4.78 is 0. The number of carbonyl (C=O) groups excluding carboxylic acids is 2. The highest BCUT2D eigenvalue weighted by atomic mass is 32.1. The minimum atomic E-state index is -0.431.